The summed E-state index contributed by atoms with van der Waals surface area (Å²) in [5.74, 6) is 0.152. The Hall–Kier alpha value is -3.81. The molecule has 0 bridgehead atoms. The summed E-state index contributed by atoms with van der Waals surface area (Å²) in [5.41, 5.74) is 1.48. The van der Waals surface area contributed by atoms with E-state index >= 15 is 0 Å². The van der Waals surface area contributed by atoms with Crippen LogP contribution in [0.15, 0.2) is 36.8 Å². The molecule has 2 aromatic heterocycles. The van der Waals surface area contributed by atoms with Crippen LogP contribution in [0.25, 0.3) is 5.82 Å². The summed E-state index contributed by atoms with van der Waals surface area (Å²) in [4.78, 5) is 55.2. The third kappa shape index (κ3) is 8.05. The first-order chi connectivity index (χ1) is 23.3. The Kier molecular flexibility index (Phi) is 10.5. The van der Waals surface area contributed by atoms with E-state index in [9.17, 15) is 14.4 Å². The highest BCUT2D eigenvalue weighted by Gasteiger charge is 2.48. The molecule has 3 aromatic rings. The molecular formula is C36H50ClN7O5Si. The molecule has 1 aromatic carbocycles. The van der Waals surface area contributed by atoms with Gasteiger partial charge in [-0.1, -0.05) is 43.4 Å². The lowest BCUT2D eigenvalue weighted by Crippen LogP contribution is -2.46. The highest BCUT2D eigenvalue weighted by molar-refractivity contribution is 6.76. The number of carbonyl (C=O) groups is 3. The molecule has 1 unspecified atom stereocenters. The van der Waals surface area contributed by atoms with Crippen molar-refractivity contribution in [2.24, 2.45) is 0 Å². The molecule has 0 saturated heterocycles. The summed E-state index contributed by atoms with van der Waals surface area (Å²) in [6.45, 7) is 21.3. The van der Waals surface area contributed by atoms with Gasteiger partial charge in [-0.15, -0.1) is 0 Å². The minimum absolute atomic E-state index is 0.103. The van der Waals surface area contributed by atoms with Crippen molar-refractivity contribution in [1.29, 1.82) is 0 Å². The standard InChI is InChI=1S/C36H50ClN7O5Si/c1-23(2)42(34(47)49-35(3,4)5)19-27(24-11-13-26(37)14-12-24)32(45)41-17-25-18-44(40-28(25)20-41)31-29-30(38-21-39-31)43(33(46)36(29,6)7)22-48-15-16-50(8,9)10/h11-14,18,21,23,27H,15-17,19-20,22H2,1-10H3. The molecule has 0 spiro atoms. The molecule has 5 rings (SSSR count). The summed E-state index contributed by atoms with van der Waals surface area (Å²) in [5, 5.41) is 5.42. The van der Waals surface area contributed by atoms with E-state index in [0.717, 1.165) is 22.9 Å². The first-order valence-corrected chi connectivity index (χ1v) is 21.2. The Bertz CT molecular complexity index is 1720. The maximum atomic E-state index is 14.3. The molecule has 0 N–H and O–H groups in total. The SMILES string of the molecule is CC(C)N(CC(C(=O)N1Cc2cn(-c3ncnc4c3C(C)(C)C(=O)N4COCC[Si](C)(C)C)nc2C1)c1ccc(Cl)cc1)C(=O)OC(C)(C)C. The molecule has 270 valence electrons. The third-order valence-electron chi connectivity index (χ3n) is 8.99. The lowest BCUT2D eigenvalue weighted by molar-refractivity contribution is -0.134. The number of rotatable bonds is 11. The minimum Gasteiger partial charge on any atom is -0.444 e. The van der Waals surface area contributed by atoms with Crippen molar-refractivity contribution >= 4 is 43.4 Å². The summed E-state index contributed by atoms with van der Waals surface area (Å²) in [7, 11) is -1.28. The van der Waals surface area contributed by atoms with Crippen LogP contribution in [0.3, 0.4) is 0 Å². The number of carbonyl (C=O) groups excluding carboxylic acids is 3. The minimum atomic E-state index is -1.28. The van der Waals surface area contributed by atoms with Crippen molar-refractivity contribution in [1.82, 2.24) is 29.5 Å². The first kappa shape index (κ1) is 37.4. The van der Waals surface area contributed by atoms with Crippen LogP contribution in [0.2, 0.25) is 30.7 Å². The second-order valence-electron chi connectivity index (χ2n) is 16.2. The van der Waals surface area contributed by atoms with Crippen LogP contribution in [-0.4, -0.2) is 87.1 Å². The van der Waals surface area contributed by atoms with Crippen molar-refractivity contribution in [2.75, 3.05) is 24.8 Å². The van der Waals surface area contributed by atoms with Crippen molar-refractivity contribution in [3.05, 3.63) is 64.2 Å². The zero-order chi connectivity index (χ0) is 36.8. The average molecular weight is 724 g/mol. The molecule has 50 heavy (non-hydrogen) atoms. The van der Waals surface area contributed by atoms with Gasteiger partial charge >= 0.3 is 6.09 Å². The quantitative estimate of drug-likeness (QED) is 0.162. The zero-order valence-corrected chi connectivity index (χ0v) is 32.7. The van der Waals surface area contributed by atoms with Gasteiger partial charge in [0.2, 0.25) is 11.8 Å². The van der Waals surface area contributed by atoms with Gasteiger partial charge in [-0.2, -0.15) is 5.10 Å². The molecule has 1 atom stereocenters. The molecule has 4 heterocycles. The predicted octanol–water partition coefficient (Wildman–Crippen LogP) is 6.52. The van der Waals surface area contributed by atoms with Crippen LogP contribution in [-0.2, 0) is 37.6 Å². The molecule has 0 saturated carbocycles. The lowest BCUT2D eigenvalue weighted by atomic mass is 9.87. The van der Waals surface area contributed by atoms with Gasteiger partial charge in [0, 0.05) is 50.6 Å². The Morgan fingerprint density at radius 1 is 1.06 bits per heavy atom. The van der Waals surface area contributed by atoms with Crippen molar-refractivity contribution in [3.63, 3.8) is 0 Å². The number of hydrogen-bond donors (Lipinski definition) is 0. The Morgan fingerprint density at radius 3 is 2.32 bits per heavy atom. The number of aromatic nitrogens is 4. The van der Waals surface area contributed by atoms with Gasteiger partial charge in [0.05, 0.1) is 29.1 Å². The fraction of sp³-hybridized carbons (Fsp3) is 0.556. The van der Waals surface area contributed by atoms with Crippen molar-refractivity contribution < 1.29 is 23.9 Å². The molecule has 0 radical (unpaired) electrons. The van der Waals surface area contributed by atoms with Gasteiger partial charge in [-0.05, 0) is 72.2 Å². The zero-order valence-electron chi connectivity index (χ0n) is 30.9. The van der Waals surface area contributed by atoms with Crippen LogP contribution >= 0.6 is 11.6 Å². The molecule has 2 aliphatic rings. The first-order valence-electron chi connectivity index (χ1n) is 17.1. The van der Waals surface area contributed by atoms with Gasteiger partial charge in [0.1, 0.15) is 24.5 Å². The Morgan fingerprint density at radius 2 is 1.72 bits per heavy atom. The molecule has 0 fully saturated rings. The number of nitrogens with zero attached hydrogens (tertiary/aromatic N) is 7. The van der Waals surface area contributed by atoms with Crippen LogP contribution in [0, 0.1) is 0 Å². The number of amides is 3. The topological polar surface area (TPSA) is 123 Å². The van der Waals surface area contributed by atoms with Gasteiger partial charge in [0.25, 0.3) is 0 Å². The van der Waals surface area contributed by atoms with E-state index in [2.05, 4.69) is 29.6 Å². The van der Waals surface area contributed by atoms with Crippen molar-refractivity contribution in [3.8, 4) is 5.82 Å². The van der Waals surface area contributed by atoms with Gasteiger partial charge < -0.3 is 19.3 Å². The van der Waals surface area contributed by atoms with E-state index < -0.39 is 31.1 Å². The van der Waals surface area contributed by atoms with E-state index in [-0.39, 0.29) is 37.7 Å². The van der Waals surface area contributed by atoms with Crippen LogP contribution in [0.4, 0.5) is 10.6 Å². The van der Waals surface area contributed by atoms with Crippen LogP contribution < -0.4 is 4.90 Å². The third-order valence-corrected chi connectivity index (χ3v) is 10.9. The average Bonchev–Trinajstić information content (AvgIpc) is 3.64. The number of hydrogen-bond acceptors (Lipinski definition) is 8. The number of halogens is 1. The maximum Gasteiger partial charge on any atom is 0.410 e. The highest BCUT2D eigenvalue weighted by Crippen LogP contribution is 2.43. The highest BCUT2D eigenvalue weighted by atomic mass is 35.5. The van der Waals surface area contributed by atoms with Crippen LogP contribution in [0.1, 0.15) is 76.8 Å². The number of benzene rings is 1. The van der Waals surface area contributed by atoms with E-state index in [1.807, 2.05) is 66.8 Å². The van der Waals surface area contributed by atoms with E-state index in [1.165, 1.54) is 6.33 Å². The van der Waals surface area contributed by atoms with E-state index in [4.69, 9.17) is 26.2 Å². The fourth-order valence-electron chi connectivity index (χ4n) is 6.17. The number of ether oxygens (including phenoxy) is 2. The summed E-state index contributed by atoms with van der Waals surface area (Å²) < 4.78 is 13.3. The lowest BCUT2D eigenvalue weighted by Gasteiger charge is -2.33. The summed E-state index contributed by atoms with van der Waals surface area (Å²) in [6.07, 6.45) is 2.84. The van der Waals surface area contributed by atoms with Gasteiger partial charge in [0.15, 0.2) is 5.82 Å². The molecule has 0 aliphatic carbocycles. The molecule has 3 amide bonds. The Labute approximate surface area is 301 Å². The molecular weight excluding hydrogens is 674 g/mol. The second kappa shape index (κ2) is 14.1. The van der Waals surface area contributed by atoms with Gasteiger partial charge in [-0.3, -0.25) is 14.5 Å². The summed E-state index contributed by atoms with van der Waals surface area (Å²) in [6, 6.07) is 7.95. The smallest absolute Gasteiger partial charge is 0.410 e. The second-order valence-corrected chi connectivity index (χ2v) is 22.2. The number of anilines is 1. The van der Waals surface area contributed by atoms with Gasteiger partial charge in [-0.25, -0.2) is 19.4 Å². The molecule has 14 heteroatoms. The predicted molar refractivity (Wildman–Crippen MR) is 195 cm³/mol. The Balaban J connectivity index is 1.38. The summed E-state index contributed by atoms with van der Waals surface area (Å²) >= 11 is 6.20. The van der Waals surface area contributed by atoms with E-state index in [1.54, 1.807) is 31.5 Å². The monoisotopic (exact) mass is 723 g/mol. The maximum absolute atomic E-state index is 14.3. The molecule has 2 aliphatic heterocycles. The molecule has 12 nitrogen and oxygen atoms in total. The normalized spacial score (nSPS) is 16.1. The van der Waals surface area contributed by atoms with E-state index in [0.29, 0.717) is 35.4 Å². The van der Waals surface area contributed by atoms with Crippen LogP contribution in [0.5, 0.6) is 0 Å². The largest absolute Gasteiger partial charge is 0.444 e. The fourth-order valence-corrected chi connectivity index (χ4v) is 7.05. The number of fused-ring (bicyclic) bond motifs is 2. The van der Waals surface area contributed by atoms with Crippen molar-refractivity contribution in [2.45, 2.75) is 110 Å².